The Kier molecular flexibility index (Phi) is 3.11. The lowest BCUT2D eigenvalue weighted by molar-refractivity contribution is 0.422. The van der Waals surface area contributed by atoms with Gasteiger partial charge < -0.3 is 5.32 Å². The summed E-state index contributed by atoms with van der Waals surface area (Å²) >= 11 is 0. The van der Waals surface area contributed by atoms with Crippen molar-refractivity contribution in [2.75, 3.05) is 0 Å². The van der Waals surface area contributed by atoms with Gasteiger partial charge in [0.2, 0.25) is 0 Å². The second-order valence-electron chi connectivity index (χ2n) is 4.91. The van der Waals surface area contributed by atoms with Crippen molar-refractivity contribution in [2.24, 2.45) is 0 Å². The van der Waals surface area contributed by atoms with Crippen LogP contribution in [0.25, 0.3) is 0 Å². The first kappa shape index (κ1) is 10.7. The minimum absolute atomic E-state index is 0.571. The molecule has 0 aromatic heterocycles. The normalized spacial score (nSPS) is 20.4. The average molecular weight is 203 g/mol. The molecule has 1 heteroatoms. The fourth-order valence-corrected chi connectivity index (χ4v) is 2.61. The van der Waals surface area contributed by atoms with E-state index in [1.165, 1.54) is 30.4 Å². The standard InChI is InChI=1S/C14H21N/c1-10(2)15-14-9-5-7-12-11(3)6-4-8-13(12)14/h4,6,8,10,14-15H,5,7,9H2,1-3H3/t14-/m1/s1. The molecule has 0 radical (unpaired) electrons. The van der Waals surface area contributed by atoms with Crippen LogP contribution in [0, 0.1) is 6.92 Å². The third-order valence-electron chi connectivity index (χ3n) is 3.28. The Balaban J connectivity index is 2.30. The summed E-state index contributed by atoms with van der Waals surface area (Å²) < 4.78 is 0. The van der Waals surface area contributed by atoms with Gasteiger partial charge in [-0.2, -0.15) is 0 Å². The van der Waals surface area contributed by atoms with Crippen LogP contribution in [-0.4, -0.2) is 6.04 Å². The predicted molar refractivity (Wildman–Crippen MR) is 65.1 cm³/mol. The maximum absolute atomic E-state index is 3.67. The lowest BCUT2D eigenvalue weighted by Gasteiger charge is -2.29. The molecular weight excluding hydrogens is 182 g/mol. The van der Waals surface area contributed by atoms with E-state index in [2.05, 4.69) is 44.3 Å². The zero-order chi connectivity index (χ0) is 10.8. The summed E-state index contributed by atoms with van der Waals surface area (Å²) in [5.41, 5.74) is 4.58. The van der Waals surface area contributed by atoms with E-state index >= 15 is 0 Å². The average Bonchev–Trinajstić information content (AvgIpc) is 2.19. The summed E-state index contributed by atoms with van der Waals surface area (Å²) in [5.74, 6) is 0. The van der Waals surface area contributed by atoms with Gasteiger partial charge in [0.25, 0.3) is 0 Å². The van der Waals surface area contributed by atoms with Crippen LogP contribution in [0.5, 0.6) is 0 Å². The topological polar surface area (TPSA) is 12.0 Å². The van der Waals surface area contributed by atoms with Gasteiger partial charge in [-0.05, 0) is 42.9 Å². The number of hydrogen-bond donors (Lipinski definition) is 1. The molecule has 0 unspecified atom stereocenters. The third kappa shape index (κ3) is 2.23. The van der Waals surface area contributed by atoms with E-state index in [9.17, 15) is 0 Å². The first-order valence-electron chi connectivity index (χ1n) is 6.03. The third-order valence-corrected chi connectivity index (χ3v) is 3.28. The monoisotopic (exact) mass is 203 g/mol. The highest BCUT2D eigenvalue weighted by Gasteiger charge is 2.20. The Morgan fingerprint density at radius 1 is 1.33 bits per heavy atom. The second kappa shape index (κ2) is 4.36. The molecule has 1 nitrogen and oxygen atoms in total. The molecule has 2 rings (SSSR count). The molecule has 1 aliphatic carbocycles. The molecule has 1 aromatic rings. The molecule has 1 aliphatic rings. The van der Waals surface area contributed by atoms with Gasteiger partial charge in [-0.3, -0.25) is 0 Å². The Bertz CT molecular complexity index is 341. The summed E-state index contributed by atoms with van der Waals surface area (Å²) in [4.78, 5) is 0. The smallest absolute Gasteiger partial charge is 0.0325 e. The highest BCUT2D eigenvalue weighted by atomic mass is 14.9. The van der Waals surface area contributed by atoms with Crippen LogP contribution in [0.3, 0.4) is 0 Å². The van der Waals surface area contributed by atoms with Crippen LogP contribution in [0.4, 0.5) is 0 Å². The number of rotatable bonds is 2. The van der Waals surface area contributed by atoms with Gasteiger partial charge in [-0.15, -0.1) is 0 Å². The number of nitrogens with one attached hydrogen (secondary N) is 1. The van der Waals surface area contributed by atoms with E-state index in [0.717, 1.165) is 0 Å². The van der Waals surface area contributed by atoms with Crippen LogP contribution in [0.2, 0.25) is 0 Å². The first-order chi connectivity index (χ1) is 7.18. The minimum atomic E-state index is 0.571. The predicted octanol–water partition coefficient (Wildman–Crippen LogP) is 3.37. The van der Waals surface area contributed by atoms with Crippen LogP contribution in [0.15, 0.2) is 18.2 Å². The van der Waals surface area contributed by atoms with E-state index in [1.807, 2.05) is 0 Å². The molecule has 15 heavy (non-hydrogen) atoms. The molecule has 0 amide bonds. The van der Waals surface area contributed by atoms with E-state index in [0.29, 0.717) is 12.1 Å². The van der Waals surface area contributed by atoms with Crippen molar-refractivity contribution in [1.29, 1.82) is 0 Å². The molecule has 0 aliphatic heterocycles. The lowest BCUT2D eigenvalue weighted by Crippen LogP contribution is -2.30. The molecule has 1 aromatic carbocycles. The van der Waals surface area contributed by atoms with Gasteiger partial charge in [0, 0.05) is 12.1 Å². The maximum atomic E-state index is 3.67. The molecule has 0 spiro atoms. The van der Waals surface area contributed by atoms with Gasteiger partial charge in [-0.25, -0.2) is 0 Å². The summed E-state index contributed by atoms with van der Waals surface area (Å²) in [6.07, 6.45) is 3.87. The van der Waals surface area contributed by atoms with E-state index in [4.69, 9.17) is 0 Å². The molecule has 1 N–H and O–H groups in total. The second-order valence-corrected chi connectivity index (χ2v) is 4.91. The van der Waals surface area contributed by atoms with Gasteiger partial charge in [0.05, 0.1) is 0 Å². The van der Waals surface area contributed by atoms with Gasteiger partial charge in [-0.1, -0.05) is 32.0 Å². The Labute approximate surface area is 92.9 Å². The number of aryl methyl sites for hydroxylation is 1. The van der Waals surface area contributed by atoms with Crippen molar-refractivity contribution >= 4 is 0 Å². The van der Waals surface area contributed by atoms with Gasteiger partial charge >= 0.3 is 0 Å². The van der Waals surface area contributed by atoms with Crippen molar-refractivity contribution in [3.8, 4) is 0 Å². The van der Waals surface area contributed by atoms with Crippen molar-refractivity contribution in [3.05, 3.63) is 34.9 Å². The molecule has 0 saturated heterocycles. The largest absolute Gasteiger partial charge is 0.308 e. The lowest BCUT2D eigenvalue weighted by atomic mass is 9.85. The molecule has 0 saturated carbocycles. The Morgan fingerprint density at radius 2 is 2.13 bits per heavy atom. The van der Waals surface area contributed by atoms with Crippen molar-refractivity contribution < 1.29 is 0 Å². The Hall–Kier alpha value is -0.820. The van der Waals surface area contributed by atoms with Gasteiger partial charge in [0.15, 0.2) is 0 Å². The summed E-state index contributed by atoms with van der Waals surface area (Å²) in [7, 11) is 0. The summed E-state index contributed by atoms with van der Waals surface area (Å²) in [6, 6.07) is 7.86. The summed E-state index contributed by atoms with van der Waals surface area (Å²) in [5, 5.41) is 3.67. The molecule has 1 atom stereocenters. The van der Waals surface area contributed by atoms with Crippen LogP contribution >= 0.6 is 0 Å². The van der Waals surface area contributed by atoms with Crippen LogP contribution in [-0.2, 0) is 6.42 Å². The molecule has 0 fully saturated rings. The number of benzene rings is 1. The van der Waals surface area contributed by atoms with Crippen molar-refractivity contribution in [2.45, 2.75) is 52.1 Å². The van der Waals surface area contributed by atoms with Crippen molar-refractivity contribution in [3.63, 3.8) is 0 Å². The van der Waals surface area contributed by atoms with Crippen molar-refractivity contribution in [1.82, 2.24) is 5.32 Å². The van der Waals surface area contributed by atoms with Gasteiger partial charge in [0.1, 0.15) is 0 Å². The van der Waals surface area contributed by atoms with Crippen LogP contribution < -0.4 is 5.32 Å². The number of fused-ring (bicyclic) bond motifs is 1. The van der Waals surface area contributed by atoms with E-state index < -0.39 is 0 Å². The summed E-state index contributed by atoms with van der Waals surface area (Å²) in [6.45, 7) is 6.69. The fourth-order valence-electron chi connectivity index (χ4n) is 2.61. The molecule has 0 heterocycles. The SMILES string of the molecule is Cc1cccc2c1CCC[C@H]2NC(C)C. The van der Waals surface area contributed by atoms with E-state index in [-0.39, 0.29) is 0 Å². The zero-order valence-electron chi connectivity index (χ0n) is 10.0. The minimum Gasteiger partial charge on any atom is -0.308 e. The highest BCUT2D eigenvalue weighted by molar-refractivity contribution is 5.38. The molecular formula is C14H21N. The van der Waals surface area contributed by atoms with Crippen LogP contribution in [0.1, 0.15) is 49.4 Å². The fraction of sp³-hybridized carbons (Fsp3) is 0.571. The molecule has 82 valence electrons. The quantitative estimate of drug-likeness (QED) is 0.777. The maximum Gasteiger partial charge on any atom is 0.0325 e. The first-order valence-corrected chi connectivity index (χ1v) is 6.03. The highest BCUT2D eigenvalue weighted by Crippen LogP contribution is 2.31. The number of hydrogen-bond acceptors (Lipinski definition) is 1. The Morgan fingerprint density at radius 3 is 2.87 bits per heavy atom. The zero-order valence-corrected chi connectivity index (χ0v) is 10.0. The molecule has 0 bridgehead atoms. The van der Waals surface area contributed by atoms with E-state index in [1.54, 1.807) is 5.56 Å².